The Morgan fingerprint density at radius 2 is 2.04 bits per heavy atom. The molecule has 0 atom stereocenters. The lowest BCUT2D eigenvalue weighted by atomic mass is 10.2. The first-order valence-electron chi connectivity index (χ1n) is 6.84. The molecule has 8 heteroatoms. The molecule has 0 spiro atoms. The standard InChI is InChI=1S/C16H11F3N2O2S/c1-9-20-12(8-24-9)13-5-6-14(23-13)15(22)21-11-4-2-3-10(7-11)16(17,18)19/h2-8H,1H3,(H,21,22). The van der Waals surface area contributed by atoms with E-state index in [0.717, 1.165) is 17.1 Å². The molecule has 0 aliphatic heterocycles. The van der Waals surface area contributed by atoms with Crippen LogP contribution in [0, 0.1) is 6.92 Å². The minimum absolute atomic E-state index is 0.00642. The van der Waals surface area contributed by atoms with Crippen molar-refractivity contribution in [2.75, 3.05) is 5.32 Å². The Kier molecular flexibility index (Phi) is 4.15. The predicted octanol–water partition coefficient (Wildman–Crippen LogP) is 4.98. The molecule has 0 bridgehead atoms. The van der Waals surface area contributed by atoms with Gasteiger partial charge in [-0.05, 0) is 37.3 Å². The molecule has 24 heavy (non-hydrogen) atoms. The summed E-state index contributed by atoms with van der Waals surface area (Å²) >= 11 is 1.45. The molecule has 1 amide bonds. The van der Waals surface area contributed by atoms with Crippen LogP contribution in [0.2, 0.25) is 0 Å². The molecular weight excluding hydrogens is 341 g/mol. The molecule has 0 unspecified atom stereocenters. The lowest BCUT2D eigenvalue weighted by Gasteiger charge is -2.09. The van der Waals surface area contributed by atoms with E-state index in [1.54, 1.807) is 11.4 Å². The molecule has 0 aliphatic rings. The molecule has 3 aromatic rings. The minimum Gasteiger partial charge on any atom is -0.449 e. The molecule has 0 fully saturated rings. The van der Waals surface area contributed by atoms with Crippen molar-refractivity contribution in [2.24, 2.45) is 0 Å². The average molecular weight is 352 g/mol. The first-order valence-corrected chi connectivity index (χ1v) is 7.72. The van der Waals surface area contributed by atoms with Gasteiger partial charge in [0.25, 0.3) is 5.91 Å². The van der Waals surface area contributed by atoms with Crippen molar-refractivity contribution in [3.8, 4) is 11.5 Å². The molecular formula is C16H11F3N2O2S. The third-order valence-corrected chi connectivity index (χ3v) is 3.92. The number of amides is 1. The zero-order valence-corrected chi connectivity index (χ0v) is 13.2. The zero-order valence-electron chi connectivity index (χ0n) is 12.3. The number of benzene rings is 1. The second-order valence-electron chi connectivity index (χ2n) is 4.95. The Hall–Kier alpha value is -2.61. The number of anilines is 1. The van der Waals surface area contributed by atoms with Gasteiger partial charge in [0.2, 0.25) is 0 Å². The summed E-state index contributed by atoms with van der Waals surface area (Å²) in [4.78, 5) is 16.4. The molecule has 0 aliphatic carbocycles. The van der Waals surface area contributed by atoms with Gasteiger partial charge in [0.1, 0.15) is 5.69 Å². The van der Waals surface area contributed by atoms with Crippen molar-refractivity contribution in [1.82, 2.24) is 4.98 Å². The fourth-order valence-electron chi connectivity index (χ4n) is 2.04. The minimum atomic E-state index is -4.47. The molecule has 0 radical (unpaired) electrons. The Morgan fingerprint density at radius 3 is 2.71 bits per heavy atom. The normalized spacial score (nSPS) is 11.5. The monoisotopic (exact) mass is 352 g/mol. The Balaban J connectivity index is 1.77. The summed E-state index contributed by atoms with van der Waals surface area (Å²) in [5, 5.41) is 5.04. The van der Waals surface area contributed by atoms with Crippen molar-refractivity contribution in [2.45, 2.75) is 13.1 Å². The van der Waals surface area contributed by atoms with Gasteiger partial charge in [-0.3, -0.25) is 4.79 Å². The van der Waals surface area contributed by atoms with E-state index in [1.165, 1.54) is 29.5 Å². The maximum absolute atomic E-state index is 12.7. The number of furan rings is 1. The summed E-state index contributed by atoms with van der Waals surface area (Å²) in [5.74, 6) is -0.214. The quantitative estimate of drug-likeness (QED) is 0.723. The highest BCUT2D eigenvalue weighted by molar-refractivity contribution is 7.09. The molecule has 1 aromatic carbocycles. The summed E-state index contributed by atoms with van der Waals surface area (Å²) in [6.45, 7) is 1.85. The van der Waals surface area contributed by atoms with Crippen LogP contribution >= 0.6 is 11.3 Å². The van der Waals surface area contributed by atoms with Crippen LogP contribution in [0.1, 0.15) is 21.1 Å². The molecule has 0 saturated heterocycles. The van der Waals surface area contributed by atoms with Crippen LogP contribution in [0.3, 0.4) is 0 Å². The van der Waals surface area contributed by atoms with Gasteiger partial charge >= 0.3 is 6.18 Å². The third kappa shape index (κ3) is 3.48. The van der Waals surface area contributed by atoms with Gasteiger partial charge in [0, 0.05) is 11.1 Å². The van der Waals surface area contributed by atoms with E-state index in [2.05, 4.69) is 10.3 Å². The van der Waals surface area contributed by atoms with Crippen molar-refractivity contribution in [3.05, 3.63) is 58.1 Å². The SMILES string of the molecule is Cc1nc(-c2ccc(C(=O)Nc3cccc(C(F)(F)F)c3)o2)cs1. The smallest absolute Gasteiger partial charge is 0.416 e. The van der Waals surface area contributed by atoms with E-state index >= 15 is 0 Å². The van der Waals surface area contributed by atoms with Crippen LogP contribution in [0.25, 0.3) is 11.5 Å². The van der Waals surface area contributed by atoms with Crippen LogP contribution in [-0.4, -0.2) is 10.9 Å². The molecule has 2 heterocycles. The van der Waals surface area contributed by atoms with Crippen molar-refractivity contribution >= 4 is 22.9 Å². The number of rotatable bonds is 3. The highest BCUT2D eigenvalue weighted by Gasteiger charge is 2.30. The van der Waals surface area contributed by atoms with Crippen molar-refractivity contribution < 1.29 is 22.4 Å². The number of thiazole rings is 1. The Morgan fingerprint density at radius 1 is 1.25 bits per heavy atom. The van der Waals surface area contributed by atoms with Crippen LogP contribution in [-0.2, 0) is 6.18 Å². The zero-order chi connectivity index (χ0) is 17.3. The molecule has 4 nitrogen and oxygen atoms in total. The van der Waals surface area contributed by atoms with E-state index in [-0.39, 0.29) is 11.4 Å². The maximum atomic E-state index is 12.7. The van der Waals surface area contributed by atoms with Gasteiger partial charge in [-0.25, -0.2) is 4.98 Å². The second kappa shape index (κ2) is 6.12. The molecule has 0 saturated carbocycles. The Labute approximate surface area is 139 Å². The highest BCUT2D eigenvalue weighted by atomic mass is 32.1. The number of alkyl halides is 3. The largest absolute Gasteiger partial charge is 0.449 e. The third-order valence-electron chi connectivity index (χ3n) is 3.15. The summed E-state index contributed by atoms with van der Waals surface area (Å²) < 4.78 is 43.5. The number of carbonyl (C=O) groups excluding carboxylic acids is 1. The number of halogens is 3. The number of carbonyl (C=O) groups is 1. The number of aryl methyl sites for hydroxylation is 1. The van der Waals surface area contributed by atoms with E-state index in [0.29, 0.717) is 11.5 Å². The number of nitrogens with zero attached hydrogens (tertiary/aromatic N) is 1. The van der Waals surface area contributed by atoms with Gasteiger partial charge in [-0.1, -0.05) is 6.07 Å². The van der Waals surface area contributed by atoms with E-state index < -0.39 is 17.6 Å². The second-order valence-corrected chi connectivity index (χ2v) is 6.01. The van der Waals surface area contributed by atoms with Gasteiger partial charge in [0.05, 0.1) is 10.6 Å². The lowest BCUT2D eigenvalue weighted by Crippen LogP contribution is -2.12. The molecule has 1 N–H and O–H groups in total. The summed E-state index contributed by atoms with van der Waals surface area (Å²) in [5.41, 5.74) is -0.189. The fraction of sp³-hybridized carbons (Fsp3) is 0.125. The van der Waals surface area contributed by atoms with E-state index in [4.69, 9.17) is 4.42 Å². The first-order chi connectivity index (χ1) is 11.3. The Bertz CT molecular complexity index is 883. The van der Waals surface area contributed by atoms with Crippen molar-refractivity contribution in [1.29, 1.82) is 0 Å². The lowest BCUT2D eigenvalue weighted by molar-refractivity contribution is -0.137. The molecule has 2 aromatic heterocycles. The van der Waals surface area contributed by atoms with Crippen LogP contribution in [0.5, 0.6) is 0 Å². The van der Waals surface area contributed by atoms with Gasteiger partial charge in [-0.15, -0.1) is 11.3 Å². The van der Waals surface area contributed by atoms with E-state index in [9.17, 15) is 18.0 Å². The summed E-state index contributed by atoms with van der Waals surface area (Å²) in [6.07, 6.45) is -4.47. The first kappa shape index (κ1) is 16.3. The fourth-order valence-corrected chi connectivity index (χ4v) is 2.64. The average Bonchev–Trinajstić information content (AvgIpc) is 3.15. The van der Waals surface area contributed by atoms with Crippen molar-refractivity contribution in [3.63, 3.8) is 0 Å². The number of hydrogen-bond acceptors (Lipinski definition) is 4. The van der Waals surface area contributed by atoms with Crippen LogP contribution in [0.4, 0.5) is 18.9 Å². The predicted molar refractivity (Wildman–Crippen MR) is 84.0 cm³/mol. The van der Waals surface area contributed by atoms with Crippen LogP contribution in [0.15, 0.2) is 46.2 Å². The van der Waals surface area contributed by atoms with E-state index in [1.807, 2.05) is 6.92 Å². The molecule has 124 valence electrons. The van der Waals surface area contributed by atoms with Gasteiger partial charge in [-0.2, -0.15) is 13.2 Å². The van der Waals surface area contributed by atoms with Gasteiger partial charge < -0.3 is 9.73 Å². The number of nitrogens with one attached hydrogen (secondary N) is 1. The number of hydrogen-bond donors (Lipinski definition) is 1. The number of aromatic nitrogens is 1. The summed E-state index contributed by atoms with van der Waals surface area (Å²) in [7, 11) is 0. The topological polar surface area (TPSA) is 55.1 Å². The maximum Gasteiger partial charge on any atom is 0.416 e. The van der Waals surface area contributed by atoms with Gasteiger partial charge in [0.15, 0.2) is 11.5 Å². The molecule has 3 rings (SSSR count). The summed E-state index contributed by atoms with van der Waals surface area (Å²) in [6, 6.07) is 7.45. The van der Waals surface area contributed by atoms with Crippen LogP contribution < -0.4 is 5.32 Å². The highest BCUT2D eigenvalue weighted by Crippen LogP contribution is 2.31.